The van der Waals surface area contributed by atoms with Crippen LogP contribution >= 0.6 is 0 Å². The number of benzene rings is 2. The fraction of sp³-hybridized carbons (Fsp3) is 0.517. The number of para-hydroxylation sites is 1. The van der Waals surface area contributed by atoms with Crippen LogP contribution in [0.15, 0.2) is 42.5 Å². The van der Waals surface area contributed by atoms with E-state index in [-0.39, 0.29) is 17.4 Å². The standard InChI is InChI=1S/C29H40N4O2/c1-5-6-9-15-33-25-11-8-7-10-23(25)24-17-22(12-13-26(24)33)28(35)30-18-21-14-16-32(19-21)20-27(34)31-29(2,3)4/h7-8,10-13,17,21H,5-6,9,14-16,18-20H2,1-4H3,(H,30,35)(H,31,34). The molecule has 2 N–H and O–H groups in total. The van der Waals surface area contributed by atoms with Gasteiger partial charge in [-0.1, -0.05) is 38.0 Å². The van der Waals surface area contributed by atoms with E-state index in [1.165, 1.54) is 29.3 Å². The maximum absolute atomic E-state index is 13.0. The molecule has 6 heteroatoms. The summed E-state index contributed by atoms with van der Waals surface area (Å²) in [5.74, 6) is 0.397. The number of amides is 2. The molecule has 0 radical (unpaired) electrons. The second-order valence-corrected chi connectivity index (χ2v) is 11.0. The smallest absolute Gasteiger partial charge is 0.251 e. The fourth-order valence-electron chi connectivity index (χ4n) is 5.18. The number of aromatic nitrogens is 1. The molecule has 1 unspecified atom stereocenters. The van der Waals surface area contributed by atoms with Gasteiger partial charge in [-0.25, -0.2) is 0 Å². The molecule has 2 heterocycles. The third-order valence-electron chi connectivity index (χ3n) is 6.82. The summed E-state index contributed by atoms with van der Waals surface area (Å²) < 4.78 is 2.39. The number of hydrogen-bond donors (Lipinski definition) is 2. The van der Waals surface area contributed by atoms with E-state index in [0.717, 1.165) is 37.9 Å². The molecule has 3 aromatic rings. The van der Waals surface area contributed by atoms with Gasteiger partial charge in [0.2, 0.25) is 5.91 Å². The second kappa shape index (κ2) is 10.8. The van der Waals surface area contributed by atoms with Gasteiger partial charge >= 0.3 is 0 Å². The maximum atomic E-state index is 13.0. The molecule has 1 fully saturated rings. The highest BCUT2D eigenvalue weighted by Gasteiger charge is 2.25. The van der Waals surface area contributed by atoms with Gasteiger partial charge in [-0.15, -0.1) is 0 Å². The number of aryl methyl sites for hydroxylation is 1. The van der Waals surface area contributed by atoms with Crippen molar-refractivity contribution in [2.45, 2.75) is 65.5 Å². The number of carbonyl (C=O) groups excluding carboxylic acids is 2. The Labute approximate surface area is 209 Å². The lowest BCUT2D eigenvalue weighted by Gasteiger charge is -2.23. The topological polar surface area (TPSA) is 66.4 Å². The largest absolute Gasteiger partial charge is 0.352 e. The minimum Gasteiger partial charge on any atom is -0.352 e. The number of nitrogens with zero attached hydrogens (tertiary/aromatic N) is 2. The van der Waals surface area contributed by atoms with E-state index in [9.17, 15) is 9.59 Å². The van der Waals surface area contributed by atoms with Crippen LogP contribution in [0.2, 0.25) is 0 Å². The molecule has 6 nitrogen and oxygen atoms in total. The highest BCUT2D eigenvalue weighted by Crippen LogP contribution is 2.30. The number of unbranched alkanes of at least 4 members (excludes halogenated alkanes) is 2. The summed E-state index contributed by atoms with van der Waals surface area (Å²) in [5.41, 5.74) is 2.91. The minimum atomic E-state index is -0.215. The first-order chi connectivity index (χ1) is 16.7. The lowest BCUT2D eigenvalue weighted by molar-refractivity contribution is -0.123. The third-order valence-corrected chi connectivity index (χ3v) is 6.82. The molecule has 0 bridgehead atoms. The van der Waals surface area contributed by atoms with E-state index in [4.69, 9.17) is 0 Å². The highest BCUT2D eigenvalue weighted by atomic mass is 16.2. The molecule has 188 valence electrons. The Balaban J connectivity index is 1.39. The summed E-state index contributed by atoms with van der Waals surface area (Å²) in [6.45, 7) is 12.0. The van der Waals surface area contributed by atoms with Gasteiger partial charge < -0.3 is 15.2 Å². The van der Waals surface area contributed by atoms with Crippen molar-refractivity contribution < 1.29 is 9.59 Å². The monoisotopic (exact) mass is 476 g/mol. The van der Waals surface area contributed by atoms with Crippen LogP contribution in [0.5, 0.6) is 0 Å². The number of rotatable bonds is 9. The lowest BCUT2D eigenvalue weighted by Crippen LogP contribution is -2.45. The summed E-state index contributed by atoms with van der Waals surface area (Å²) in [6.07, 6.45) is 4.56. The fourth-order valence-corrected chi connectivity index (χ4v) is 5.18. The van der Waals surface area contributed by atoms with Gasteiger partial charge in [-0.3, -0.25) is 14.5 Å². The average molecular weight is 477 g/mol. The van der Waals surface area contributed by atoms with Gasteiger partial charge in [0.15, 0.2) is 0 Å². The van der Waals surface area contributed by atoms with Crippen molar-refractivity contribution in [2.24, 2.45) is 5.92 Å². The molecule has 1 saturated heterocycles. The van der Waals surface area contributed by atoms with Gasteiger partial charge in [0.05, 0.1) is 6.54 Å². The quantitative estimate of drug-likeness (QED) is 0.430. The molecule has 1 aliphatic rings. The number of nitrogens with one attached hydrogen (secondary N) is 2. The van der Waals surface area contributed by atoms with Crippen molar-refractivity contribution in [3.8, 4) is 0 Å². The summed E-state index contributed by atoms with van der Waals surface area (Å²) in [4.78, 5) is 27.4. The van der Waals surface area contributed by atoms with Crippen LogP contribution in [-0.2, 0) is 11.3 Å². The number of fused-ring (bicyclic) bond motifs is 3. The van der Waals surface area contributed by atoms with Crippen LogP contribution in [0.4, 0.5) is 0 Å². The number of likely N-dealkylation sites (tertiary alicyclic amines) is 1. The highest BCUT2D eigenvalue weighted by molar-refractivity contribution is 6.10. The minimum absolute atomic E-state index is 0.0290. The van der Waals surface area contributed by atoms with Crippen LogP contribution in [0.25, 0.3) is 21.8 Å². The first-order valence-corrected chi connectivity index (χ1v) is 13.1. The Morgan fingerprint density at radius 3 is 2.57 bits per heavy atom. The molecule has 0 aliphatic carbocycles. The zero-order chi connectivity index (χ0) is 25.0. The molecule has 2 amide bonds. The van der Waals surface area contributed by atoms with Gasteiger partial charge in [-0.2, -0.15) is 0 Å². The van der Waals surface area contributed by atoms with Crippen molar-refractivity contribution >= 4 is 33.6 Å². The van der Waals surface area contributed by atoms with Gasteiger partial charge in [0, 0.05) is 52.5 Å². The van der Waals surface area contributed by atoms with Gasteiger partial charge in [0.1, 0.15) is 0 Å². The zero-order valence-electron chi connectivity index (χ0n) is 21.7. The zero-order valence-corrected chi connectivity index (χ0v) is 21.7. The summed E-state index contributed by atoms with van der Waals surface area (Å²) in [7, 11) is 0. The summed E-state index contributed by atoms with van der Waals surface area (Å²) >= 11 is 0. The van der Waals surface area contributed by atoms with Crippen LogP contribution in [0.1, 0.15) is 63.7 Å². The van der Waals surface area contributed by atoms with E-state index in [2.05, 4.69) is 57.4 Å². The molecule has 1 atom stereocenters. The summed E-state index contributed by atoms with van der Waals surface area (Å²) in [5, 5.41) is 8.51. The van der Waals surface area contributed by atoms with Gasteiger partial charge in [0.25, 0.3) is 5.91 Å². The van der Waals surface area contributed by atoms with Crippen LogP contribution in [-0.4, -0.2) is 53.0 Å². The molecule has 1 aliphatic heterocycles. The van der Waals surface area contributed by atoms with Crippen molar-refractivity contribution in [3.05, 3.63) is 48.0 Å². The molecular weight excluding hydrogens is 436 g/mol. The van der Waals surface area contributed by atoms with Crippen LogP contribution < -0.4 is 10.6 Å². The Hall–Kier alpha value is -2.86. The van der Waals surface area contributed by atoms with E-state index >= 15 is 0 Å². The van der Waals surface area contributed by atoms with E-state index in [1.54, 1.807) is 0 Å². The Bertz CT molecular complexity index is 1190. The molecular formula is C29H40N4O2. The first-order valence-electron chi connectivity index (χ1n) is 13.1. The predicted octanol–water partition coefficient (Wildman–Crippen LogP) is 4.95. The van der Waals surface area contributed by atoms with Crippen LogP contribution in [0, 0.1) is 5.92 Å². The Morgan fingerprint density at radius 2 is 1.80 bits per heavy atom. The van der Waals surface area contributed by atoms with E-state index in [0.29, 0.717) is 24.6 Å². The van der Waals surface area contributed by atoms with Crippen molar-refractivity contribution in [2.75, 3.05) is 26.2 Å². The van der Waals surface area contributed by atoms with E-state index in [1.807, 2.05) is 32.9 Å². The molecule has 2 aromatic carbocycles. The molecule has 35 heavy (non-hydrogen) atoms. The summed E-state index contributed by atoms with van der Waals surface area (Å²) in [6, 6.07) is 14.6. The average Bonchev–Trinajstić information content (AvgIpc) is 3.38. The third kappa shape index (κ3) is 6.23. The molecule has 0 saturated carbocycles. The number of carbonyl (C=O) groups is 2. The predicted molar refractivity (Wildman–Crippen MR) is 144 cm³/mol. The van der Waals surface area contributed by atoms with Crippen molar-refractivity contribution in [3.63, 3.8) is 0 Å². The molecule has 0 spiro atoms. The SMILES string of the molecule is CCCCCn1c2ccccc2c2cc(C(=O)NCC3CCN(CC(=O)NC(C)(C)C)C3)ccc21. The lowest BCUT2D eigenvalue weighted by atomic mass is 10.1. The maximum Gasteiger partial charge on any atom is 0.251 e. The number of hydrogen-bond acceptors (Lipinski definition) is 3. The first kappa shape index (κ1) is 25.2. The molecule has 1 aromatic heterocycles. The normalized spacial score (nSPS) is 16.7. The second-order valence-electron chi connectivity index (χ2n) is 11.0. The van der Waals surface area contributed by atoms with Crippen LogP contribution in [0.3, 0.4) is 0 Å². The van der Waals surface area contributed by atoms with E-state index < -0.39 is 0 Å². The Kier molecular flexibility index (Phi) is 7.80. The molecule has 4 rings (SSSR count). The van der Waals surface area contributed by atoms with Gasteiger partial charge in [-0.05, 0) is 70.3 Å². The van der Waals surface area contributed by atoms with Crippen molar-refractivity contribution in [1.29, 1.82) is 0 Å². The van der Waals surface area contributed by atoms with Crippen molar-refractivity contribution in [1.82, 2.24) is 20.1 Å². The Morgan fingerprint density at radius 1 is 1.03 bits per heavy atom.